The molecule has 4 rings (SSSR count). The zero-order valence-corrected chi connectivity index (χ0v) is 9.62. The number of fused-ring (bicyclic) bond motifs is 5. The Morgan fingerprint density at radius 2 is 1.71 bits per heavy atom. The molecule has 1 N–H and O–H groups in total. The topological polar surface area (TPSA) is 33.4 Å². The molecule has 17 heavy (non-hydrogen) atoms. The Hall–Kier alpha value is -2.00. The summed E-state index contributed by atoms with van der Waals surface area (Å²) in [6.07, 6.45) is 0. The van der Waals surface area contributed by atoms with E-state index in [-0.39, 0.29) is 5.75 Å². The van der Waals surface area contributed by atoms with Crippen molar-refractivity contribution in [2.45, 2.75) is 0 Å². The molecule has 82 valence electrons. The van der Waals surface area contributed by atoms with Gasteiger partial charge in [0.05, 0.1) is 4.70 Å². The summed E-state index contributed by atoms with van der Waals surface area (Å²) in [6, 6.07) is 13.6. The van der Waals surface area contributed by atoms with Crippen LogP contribution in [-0.2, 0) is 0 Å². The number of hydrogen-bond acceptors (Lipinski definition) is 3. The average Bonchev–Trinajstić information content (AvgIpc) is 2.87. The number of rotatable bonds is 0. The Kier molecular flexibility index (Phi) is 1.61. The van der Waals surface area contributed by atoms with Crippen molar-refractivity contribution in [1.29, 1.82) is 0 Å². The summed E-state index contributed by atoms with van der Waals surface area (Å²) in [4.78, 5) is 0. The molecule has 0 unspecified atom stereocenters. The van der Waals surface area contributed by atoms with Gasteiger partial charge >= 0.3 is 0 Å². The van der Waals surface area contributed by atoms with Crippen molar-refractivity contribution < 1.29 is 9.52 Å². The van der Waals surface area contributed by atoms with Gasteiger partial charge in [0.15, 0.2) is 16.9 Å². The summed E-state index contributed by atoms with van der Waals surface area (Å²) >= 11 is 1.70. The molecule has 0 fully saturated rings. The smallest absolute Gasteiger partial charge is 0.177 e. The van der Waals surface area contributed by atoms with E-state index in [9.17, 15) is 5.11 Å². The second kappa shape index (κ2) is 3.02. The monoisotopic (exact) mass is 240 g/mol. The number of hydrogen-bond donors (Lipinski definition) is 1. The quantitative estimate of drug-likeness (QED) is 0.490. The van der Waals surface area contributed by atoms with Crippen molar-refractivity contribution in [3.8, 4) is 5.75 Å². The van der Waals surface area contributed by atoms with Gasteiger partial charge in [0.25, 0.3) is 0 Å². The molecule has 0 aliphatic heterocycles. The van der Waals surface area contributed by atoms with Crippen LogP contribution in [0.4, 0.5) is 0 Å². The summed E-state index contributed by atoms with van der Waals surface area (Å²) in [5, 5.41) is 11.9. The maximum absolute atomic E-state index is 9.77. The SMILES string of the molecule is Oc1cccc2c1oc1c3ccccc3sc21. The van der Waals surface area contributed by atoms with E-state index in [1.54, 1.807) is 17.4 Å². The molecule has 0 saturated carbocycles. The van der Waals surface area contributed by atoms with Crippen molar-refractivity contribution >= 4 is 42.7 Å². The van der Waals surface area contributed by atoms with E-state index in [0.717, 1.165) is 21.1 Å². The Labute approximate surface area is 101 Å². The van der Waals surface area contributed by atoms with E-state index in [1.165, 1.54) is 4.70 Å². The fourth-order valence-electron chi connectivity index (χ4n) is 2.21. The van der Waals surface area contributed by atoms with Crippen molar-refractivity contribution in [2.75, 3.05) is 0 Å². The van der Waals surface area contributed by atoms with Gasteiger partial charge in [-0.1, -0.05) is 18.2 Å². The molecule has 0 bridgehead atoms. The Balaban J connectivity index is 2.33. The number of benzene rings is 2. The first kappa shape index (κ1) is 9.07. The summed E-state index contributed by atoms with van der Waals surface area (Å²) < 4.78 is 8.12. The summed E-state index contributed by atoms with van der Waals surface area (Å²) in [6.45, 7) is 0. The van der Waals surface area contributed by atoms with Crippen LogP contribution in [-0.4, -0.2) is 5.11 Å². The van der Waals surface area contributed by atoms with Gasteiger partial charge in [0, 0.05) is 15.5 Å². The van der Waals surface area contributed by atoms with Gasteiger partial charge in [0.1, 0.15) is 0 Å². The molecule has 0 atom stereocenters. The summed E-state index contributed by atoms with van der Waals surface area (Å²) in [7, 11) is 0. The molecule has 0 radical (unpaired) electrons. The Morgan fingerprint density at radius 3 is 2.65 bits per heavy atom. The van der Waals surface area contributed by atoms with Crippen LogP contribution in [0, 0.1) is 0 Å². The standard InChI is InChI=1S/C14H8O2S/c15-10-6-3-5-9-12(10)16-13-8-4-1-2-7-11(8)17-14(9)13/h1-7,15H. The molecule has 3 heteroatoms. The molecular weight excluding hydrogens is 232 g/mol. The molecule has 0 saturated heterocycles. The maximum Gasteiger partial charge on any atom is 0.177 e. The summed E-state index contributed by atoms with van der Waals surface area (Å²) in [5.74, 6) is 0.204. The normalized spacial score (nSPS) is 11.8. The number of phenolic OH excluding ortho intramolecular Hbond substituents is 1. The van der Waals surface area contributed by atoms with Gasteiger partial charge in [-0.3, -0.25) is 0 Å². The predicted molar refractivity (Wildman–Crippen MR) is 70.8 cm³/mol. The number of aromatic hydroxyl groups is 1. The lowest BCUT2D eigenvalue weighted by molar-refractivity contribution is 0.469. The molecule has 0 amide bonds. The van der Waals surface area contributed by atoms with Gasteiger partial charge in [-0.25, -0.2) is 0 Å². The molecule has 2 nitrogen and oxygen atoms in total. The van der Waals surface area contributed by atoms with Gasteiger partial charge in [-0.05, 0) is 24.3 Å². The van der Waals surface area contributed by atoms with Crippen LogP contribution in [0.15, 0.2) is 46.9 Å². The molecular formula is C14H8O2S. The second-order valence-electron chi connectivity index (χ2n) is 4.01. The Morgan fingerprint density at radius 1 is 0.882 bits per heavy atom. The van der Waals surface area contributed by atoms with Crippen LogP contribution >= 0.6 is 11.3 Å². The lowest BCUT2D eigenvalue weighted by Gasteiger charge is -1.92. The van der Waals surface area contributed by atoms with E-state index >= 15 is 0 Å². The van der Waals surface area contributed by atoms with Crippen LogP contribution in [0.5, 0.6) is 5.75 Å². The van der Waals surface area contributed by atoms with Crippen LogP contribution in [0.3, 0.4) is 0 Å². The first-order chi connectivity index (χ1) is 8.34. The minimum absolute atomic E-state index is 0.204. The largest absolute Gasteiger partial charge is 0.504 e. The van der Waals surface area contributed by atoms with Gasteiger partial charge in [0.2, 0.25) is 0 Å². The molecule has 2 aromatic carbocycles. The third-order valence-corrected chi connectivity index (χ3v) is 4.18. The van der Waals surface area contributed by atoms with E-state index in [4.69, 9.17) is 4.42 Å². The second-order valence-corrected chi connectivity index (χ2v) is 5.06. The Bertz CT molecular complexity index is 854. The minimum atomic E-state index is 0.204. The molecule has 2 aromatic heterocycles. The van der Waals surface area contributed by atoms with Crippen LogP contribution in [0.1, 0.15) is 0 Å². The lowest BCUT2D eigenvalue weighted by Crippen LogP contribution is -1.65. The average molecular weight is 240 g/mol. The lowest BCUT2D eigenvalue weighted by atomic mass is 10.2. The van der Waals surface area contributed by atoms with Gasteiger partial charge in [-0.15, -0.1) is 11.3 Å². The van der Waals surface area contributed by atoms with Crippen molar-refractivity contribution in [1.82, 2.24) is 0 Å². The van der Waals surface area contributed by atoms with E-state index in [0.29, 0.717) is 5.58 Å². The first-order valence-electron chi connectivity index (χ1n) is 5.36. The van der Waals surface area contributed by atoms with Gasteiger partial charge in [-0.2, -0.15) is 0 Å². The molecule has 4 aromatic rings. The maximum atomic E-state index is 9.77. The summed E-state index contributed by atoms with van der Waals surface area (Å²) in [5.41, 5.74) is 1.46. The number of para-hydroxylation sites is 1. The van der Waals surface area contributed by atoms with E-state index in [2.05, 4.69) is 6.07 Å². The van der Waals surface area contributed by atoms with Crippen molar-refractivity contribution in [2.24, 2.45) is 0 Å². The first-order valence-corrected chi connectivity index (χ1v) is 6.18. The van der Waals surface area contributed by atoms with Crippen LogP contribution in [0.25, 0.3) is 31.3 Å². The third kappa shape index (κ3) is 1.09. The highest BCUT2D eigenvalue weighted by Crippen LogP contribution is 2.42. The molecule has 0 spiro atoms. The zero-order valence-electron chi connectivity index (χ0n) is 8.81. The van der Waals surface area contributed by atoms with Crippen molar-refractivity contribution in [3.63, 3.8) is 0 Å². The highest BCUT2D eigenvalue weighted by Gasteiger charge is 2.14. The number of furan rings is 1. The molecule has 2 heterocycles. The zero-order chi connectivity index (χ0) is 11.4. The highest BCUT2D eigenvalue weighted by molar-refractivity contribution is 7.26. The van der Waals surface area contributed by atoms with Crippen LogP contribution < -0.4 is 0 Å². The molecule has 0 aliphatic rings. The fraction of sp³-hybridized carbons (Fsp3) is 0. The number of thiophene rings is 1. The van der Waals surface area contributed by atoms with Gasteiger partial charge < -0.3 is 9.52 Å². The van der Waals surface area contributed by atoms with Crippen molar-refractivity contribution in [3.05, 3.63) is 42.5 Å². The highest BCUT2D eigenvalue weighted by atomic mass is 32.1. The third-order valence-electron chi connectivity index (χ3n) is 2.99. The predicted octanol–water partition coefficient (Wildman–Crippen LogP) is 4.51. The fourth-order valence-corrected chi connectivity index (χ4v) is 3.37. The van der Waals surface area contributed by atoms with E-state index < -0.39 is 0 Å². The minimum Gasteiger partial charge on any atom is -0.504 e. The van der Waals surface area contributed by atoms with Crippen LogP contribution in [0.2, 0.25) is 0 Å². The number of phenols is 1. The molecule has 0 aliphatic carbocycles. The van der Waals surface area contributed by atoms with E-state index in [1.807, 2.05) is 30.3 Å².